The third kappa shape index (κ3) is 2.86. The summed E-state index contributed by atoms with van der Waals surface area (Å²) in [6.07, 6.45) is 1.66. The maximum absolute atomic E-state index is 12.9. The number of H-pyrrole nitrogens is 1. The van der Waals surface area contributed by atoms with Crippen LogP contribution >= 0.6 is 0 Å². The van der Waals surface area contributed by atoms with Gasteiger partial charge in [-0.1, -0.05) is 12.1 Å². The molecular formula is C19H16N4O3. The molecular weight excluding hydrogens is 332 g/mol. The van der Waals surface area contributed by atoms with Crippen molar-refractivity contribution in [2.45, 2.75) is 18.9 Å². The first-order chi connectivity index (χ1) is 12.7. The molecule has 0 saturated carbocycles. The number of nitriles is 1. The largest absolute Gasteiger partial charge is 0.467 e. The van der Waals surface area contributed by atoms with Gasteiger partial charge < -0.3 is 14.3 Å². The molecule has 26 heavy (non-hydrogen) atoms. The van der Waals surface area contributed by atoms with Crippen LogP contribution in [0.25, 0.3) is 11.0 Å². The van der Waals surface area contributed by atoms with Gasteiger partial charge in [0.2, 0.25) is 5.91 Å². The van der Waals surface area contributed by atoms with Crippen molar-refractivity contribution in [2.75, 3.05) is 6.54 Å². The SMILES string of the molecule is N#CC(C(=O)C1CC(=O)N(Cc2ccco2)C1)c1nc2ccccc2[nH]1. The van der Waals surface area contributed by atoms with E-state index in [9.17, 15) is 14.9 Å². The number of hydrogen-bond acceptors (Lipinski definition) is 5. The Hall–Kier alpha value is -3.40. The van der Waals surface area contributed by atoms with E-state index in [1.54, 1.807) is 23.3 Å². The molecule has 0 aliphatic carbocycles. The summed E-state index contributed by atoms with van der Waals surface area (Å²) in [5.41, 5.74) is 1.48. The molecule has 3 heterocycles. The van der Waals surface area contributed by atoms with Crippen molar-refractivity contribution in [3.8, 4) is 6.07 Å². The fraction of sp³-hybridized carbons (Fsp3) is 0.263. The summed E-state index contributed by atoms with van der Waals surface area (Å²) < 4.78 is 5.26. The lowest BCUT2D eigenvalue weighted by Crippen LogP contribution is -2.27. The van der Waals surface area contributed by atoms with Crippen molar-refractivity contribution in [2.24, 2.45) is 5.92 Å². The molecule has 4 rings (SSSR count). The van der Waals surface area contributed by atoms with E-state index in [-0.39, 0.29) is 24.7 Å². The number of nitrogens with one attached hydrogen (secondary N) is 1. The molecule has 0 radical (unpaired) electrons. The molecule has 130 valence electrons. The minimum absolute atomic E-state index is 0.109. The van der Waals surface area contributed by atoms with Crippen LogP contribution in [0.15, 0.2) is 47.1 Å². The second-order valence-electron chi connectivity index (χ2n) is 6.36. The number of aromatic amines is 1. The summed E-state index contributed by atoms with van der Waals surface area (Å²) >= 11 is 0. The number of carbonyl (C=O) groups excluding carboxylic acids is 2. The average molecular weight is 348 g/mol. The number of para-hydroxylation sites is 2. The molecule has 1 saturated heterocycles. The zero-order valence-electron chi connectivity index (χ0n) is 13.9. The van der Waals surface area contributed by atoms with Crippen LogP contribution in [0.4, 0.5) is 0 Å². The number of Topliss-reactive ketones (excluding diaryl/α,β-unsaturated/α-hetero) is 1. The van der Waals surface area contributed by atoms with Gasteiger partial charge in [-0.15, -0.1) is 0 Å². The van der Waals surface area contributed by atoms with Crippen molar-refractivity contribution in [1.29, 1.82) is 5.26 Å². The second kappa shape index (κ2) is 6.48. The van der Waals surface area contributed by atoms with Crippen molar-refractivity contribution in [3.05, 3.63) is 54.2 Å². The number of likely N-dealkylation sites (tertiary alicyclic amines) is 1. The molecule has 1 N–H and O–H groups in total. The summed E-state index contributed by atoms with van der Waals surface area (Å²) in [6, 6.07) is 12.9. The molecule has 3 aromatic rings. The van der Waals surface area contributed by atoms with Gasteiger partial charge in [0.25, 0.3) is 0 Å². The highest BCUT2D eigenvalue weighted by Gasteiger charge is 2.39. The Morgan fingerprint density at radius 3 is 2.96 bits per heavy atom. The van der Waals surface area contributed by atoms with E-state index in [4.69, 9.17) is 4.42 Å². The number of hydrogen-bond donors (Lipinski definition) is 1. The summed E-state index contributed by atoms with van der Waals surface area (Å²) in [6.45, 7) is 0.619. The van der Waals surface area contributed by atoms with Crippen LogP contribution in [0.2, 0.25) is 0 Å². The molecule has 1 aliphatic heterocycles. The monoisotopic (exact) mass is 348 g/mol. The standard InChI is InChI=1S/C19H16N4O3/c20-9-14(19-21-15-5-1-2-6-16(15)22-19)18(25)12-8-17(24)23(10-12)11-13-4-3-7-26-13/h1-7,12,14H,8,10-11H2,(H,21,22). The van der Waals surface area contributed by atoms with E-state index in [2.05, 4.69) is 9.97 Å². The maximum atomic E-state index is 12.9. The van der Waals surface area contributed by atoms with E-state index in [1.807, 2.05) is 30.3 Å². The smallest absolute Gasteiger partial charge is 0.223 e. The zero-order chi connectivity index (χ0) is 18.1. The third-order valence-electron chi connectivity index (χ3n) is 4.64. The number of fused-ring (bicyclic) bond motifs is 1. The fourth-order valence-corrected chi connectivity index (χ4v) is 3.31. The summed E-state index contributed by atoms with van der Waals surface area (Å²) in [5.74, 6) is -0.918. The van der Waals surface area contributed by atoms with Crippen molar-refractivity contribution in [1.82, 2.24) is 14.9 Å². The predicted octanol–water partition coefficient (Wildman–Crippen LogP) is 2.38. The predicted molar refractivity (Wildman–Crippen MR) is 91.7 cm³/mol. The normalized spacial score (nSPS) is 18.2. The minimum Gasteiger partial charge on any atom is -0.467 e. The number of amides is 1. The number of imidazole rings is 1. The van der Waals surface area contributed by atoms with Crippen LogP contribution < -0.4 is 0 Å². The molecule has 2 aromatic heterocycles. The van der Waals surface area contributed by atoms with Gasteiger partial charge in [0.15, 0.2) is 11.7 Å². The van der Waals surface area contributed by atoms with E-state index < -0.39 is 11.8 Å². The highest BCUT2D eigenvalue weighted by Crippen LogP contribution is 2.27. The highest BCUT2D eigenvalue weighted by atomic mass is 16.3. The van der Waals surface area contributed by atoms with Crippen molar-refractivity contribution < 1.29 is 14.0 Å². The summed E-state index contributed by atoms with van der Waals surface area (Å²) in [7, 11) is 0. The molecule has 1 fully saturated rings. The molecule has 0 bridgehead atoms. The Labute approximate surface area is 149 Å². The third-order valence-corrected chi connectivity index (χ3v) is 4.64. The first-order valence-corrected chi connectivity index (χ1v) is 8.34. The average Bonchev–Trinajstić information content (AvgIpc) is 3.36. The lowest BCUT2D eigenvalue weighted by Gasteiger charge is -2.15. The van der Waals surface area contributed by atoms with Crippen LogP contribution in [-0.4, -0.2) is 33.1 Å². The zero-order valence-corrected chi connectivity index (χ0v) is 13.9. The first kappa shape index (κ1) is 16.1. The van der Waals surface area contributed by atoms with Crippen LogP contribution in [0.5, 0.6) is 0 Å². The molecule has 2 unspecified atom stereocenters. The number of nitrogens with zero attached hydrogens (tertiary/aromatic N) is 3. The second-order valence-corrected chi connectivity index (χ2v) is 6.36. The molecule has 0 spiro atoms. The number of benzene rings is 1. The Morgan fingerprint density at radius 1 is 1.38 bits per heavy atom. The quantitative estimate of drug-likeness (QED) is 0.762. The fourth-order valence-electron chi connectivity index (χ4n) is 3.31. The van der Waals surface area contributed by atoms with Gasteiger partial charge in [-0.25, -0.2) is 4.98 Å². The van der Waals surface area contributed by atoms with E-state index in [0.29, 0.717) is 23.6 Å². The Morgan fingerprint density at radius 2 is 2.23 bits per heavy atom. The molecule has 1 aromatic carbocycles. The highest BCUT2D eigenvalue weighted by molar-refractivity contribution is 5.95. The van der Waals surface area contributed by atoms with Crippen LogP contribution in [0.3, 0.4) is 0 Å². The summed E-state index contributed by atoms with van der Waals surface area (Å²) in [5, 5.41) is 9.53. The Kier molecular flexibility index (Phi) is 4.01. The van der Waals surface area contributed by atoms with Gasteiger partial charge >= 0.3 is 0 Å². The van der Waals surface area contributed by atoms with E-state index in [0.717, 1.165) is 5.52 Å². The molecule has 2 atom stereocenters. The Bertz CT molecular complexity index is 966. The lowest BCUT2D eigenvalue weighted by atomic mass is 9.92. The van der Waals surface area contributed by atoms with Crippen molar-refractivity contribution >= 4 is 22.7 Å². The lowest BCUT2D eigenvalue weighted by molar-refractivity contribution is -0.129. The van der Waals surface area contributed by atoms with Crippen LogP contribution in [0.1, 0.15) is 23.9 Å². The number of rotatable bonds is 5. The van der Waals surface area contributed by atoms with Gasteiger partial charge in [0.1, 0.15) is 11.6 Å². The van der Waals surface area contributed by atoms with Gasteiger partial charge in [-0.05, 0) is 24.3 Å². The summed E-state index contributed by atoms with van der Waals surface area (Å²) in [4.78, 5) is 34.1. The minimum atomic E-state index is -1.01. The van der Waals surface area contributed by atoms with Gasteiger partial charge in [0, 0.05) is 18.9 Å². The van der Waals surface area contributed by atoms with Crippen LogP contribution in [-0.2, 0) is 16.1 Å². The molecule has 7 nitrogen and oxygen atoms in total. The maximum Gasteiger partial charge on any atom is 0.223 e. The Balaban J connectivity index is 1.52. The molecule has 1 aliphatic rings. The van der Waals surface area contributed by atoms with Crippen molar-refractivity contribution in [3.63, 3.8) is 0 Å². The molecule has 7 heteroatoms. The van der Waals surface area contributed by atoms with Gasteiger partial charge in [-0.2, -0.15) is 5.26 Å². The van der Waals surface area contributed by atoms with Gasteiger partial charge in [-0.3, -0.25) is 9.59 Å². The van der Waals surface area contributed by atoms with E-state index >= 15 is 0 Å². The number of ketones is 1. The molecule has 1 amide bonds. The van der Waals surface area contributed by atoms with Gasteiger partial charge in [0.05, 0.1) is 29.9 Å². The van der Waals surface area contributed by atoms with E-state index in [1.165, 1.54) is 0 Å². The number of aromatic nitrogens is 2. The first-order valence-electron chi connectivity index (χ1n) is 8.34. The topological polar surface area (TPSA) is 103 Å². The number of furan rings is 1. The number of carbonyl (C=O) groups is 2. The van der Waals surface area contributed by atoms with Crippen LogP contribution in [0, 0.1) is 17.2 Å².